The summed E-state index contributed by atoms with van der Waals surface area (Å²) >= 11 is 0. The van der Waals surface area contributed by atoms with Crippen LogP contribution in [-0.4, -0.2) is 12.8 Å². The van der Waals surface area contributed by atoms with E-state index in [1.165, 1.54) is 83.5 Å². The van der Waals surface area contributed by atoms with Gasteiger partial charge in [0.2, 0.25) is 0 Å². The van der Waals surface area contributed by atoms with Gasteiger partial charge in [-0.1, -0.05) is 96.8 Å². The molecule has 0 atom stereocenters. The van der Waals surface area contributed by atoms with E-state index >= 15 is 0 Å². The zero-order chi connectivity index (χ0) is 15.6. The van der Waals surface area contributed by atoms with Crippen LogP contribution in [0.1, 0.15) is 103 Å². The van der Waals surface area contributed by atoms with Gasteiger partial charge in [-0.05, 0) is 6.42 Å². The van der Waals surface area contributed by atoms with Crippen molar-refractivity contribution in [3.05, 3.63) is 0 Å². The molecule has 0 aromatic carbocycles. The second-order valence-corrected chi connectivity index (χ2v) is 6.05. The van der Waals surface area contributed by atoms with Crippen LogP contribution in [0.5, 0.6) is 0 Å². The summed E-state index contributed by atoms with van der Waals surface area (Å²) in [6, 6.07) is 0. The number of carbonyl (C=O) groups excluding carboxylic acids is 1. The quantitative estimate of drug-likeness (QED) is 0.244. The van der Waals surface area contributed by atoms with Crippen LogP contribution in [0.4, 0.5) is 4.79 Å². The van der Waals surface area contributed by atoms with E-state index < -0.39 is 6.16 Å². The van der Waals surface area contributed by atoms with Crippen molar-refractivity contribution in [3.8, 4) is 0 Å². The van der Waals surface area contributed by atoms with Gasteiger partial charge in [-0.2, -0.15) is 9.90 Å². The van der Waals surface area contributed by atoms with Crippen LogP contribution in [0.3, 0.4) is 0 Å². The lowest BCUT2D eigenvalue weighted by atomic mass is 10.0. The van der Waals surface area contributed by atoms with Gasteiger partial charge in [-0.3, -0.25) is 0 Å². The Hall–Kier alpha value is -0.730. The number of ether oxygens (including phenoxy) is 1. The fourth-order valence-corrected chi connectivity index (χ4v) is 2.63. The molecule has 0 spiro atoms. The molecule has 0 bridgehead atoms. The number of unbranched alkanes of at least 4 members (excludes halogenated alkanes) is 14. The van der Waals surface area contributed by atoms with Gasteiger partial charge >= 0.3 is 6.16 Å². The summed E-state index contributed by atoms with van der Waals surface area (Å²) in [6.07, 6.45) is 18.2. The average Bonchev–Trinajstić information content (AvgIpc) is 2.46. The van der Waals surface area contributed by atoms with Crippen LogP contribution in [-0.2, 0) is 9.84 Å². The molecule has 0 rings (SSSR count). The topological polar surface area (TPSA) is 46.2 Å². The van der Waals surface area contributed by atoms with Gasteiger partial charge in [0, 0.05) is 0 Å². The van der Waals surface area contributed by atoms with Crippen molar-refractivity contribution in [2.24, 2.45) is 0 Å². The Morgan fingerprint density at radius 3 is 1.29 bits per heavy atom. The third-order valence-corrected chi connectivity index (χ3v) is 3.97. The molecular weight excluding hydrogens is 264 g/mol. The van der Waals surface area contributed by atoms with Gasteiger partial charge in [0.1, 0.15) is 0 Å². The summed E-state index contributed by atoms with van der Waals surface area (Å²) in [5, 5.41) is 10.0. The normalized spacial score (nSPS) is 10.7. The van der Waals surface area contributed by atoms with Gasteiger partial charge in [0.15, 0.2) is 0 Å². The molecule has 0 amide bonds. The lowest BCUT2D eigenvalue weighted by Gasteiger charge is -2.03. The molecule has 1 radical (unpaired) electrons. The number of hydrogen-bond donors (Lipinski definition) is 0. The molecule has 0 heterocycles. The molecule has 0 aromatic rings. The maximum Gasteiger partial charge on any atom is 0.549 e. The van der Waals surface area contributed by atoms with E-state index in [9.17, 15) is 9.90 Å². The molecule has 0 saturated heterocycles. The first-order valence-corrected chi connectivity index (χ1v) is 9.11. The Balaban J connectivity index is 2.95. The third-order valence-electron chi connectivity index (χ3n) is 3.97. The highest BCUT2D eigenvalue weighted by Gasteiger charge is 1.98. The fourth-order valence-electron chi connectivity index (χ4n) is 2.63. The monoisotopic (exact) mass is 299 g/mol. The van der Waals surface area contributed by atoms with Crippen molar-refractivity contribution in [2.45, 2.75) is 103 Å². The van der Waals surface area contributed by atoms with Crippen LogP contribution in [0.25, 0.3) is 0 Å². The molecule has 3 nitrogen and oxygen atoms in total. The minimum Gasteiger partial charge on any atom is -0.432 e. The van der Waals surface area contributed by atoms with Crippen molar-refractivity contribution in [2.75, 3.05) is 6.61 Å². The highest BCUT2D eigenvalue weighted by molar-refractivity contribution is 5.56. The first kappa shape index (κ1) is 20.3. The largest absolute Gasteiger partial charge is 0.549 e. The zero-order valence-electron chi connectivity index (χ0n) is 14.0. The second-order valence-electron chi connectivity index (χ2n) is 6.05. The highest BCUT2D eigenvalue weighted by atomic mass is 16.7. The van der Waals surface area contributed by atoms with Gasteiger partial charge in [0.25, 0.3) is 0 Å². The first-order valence-electron chi connectivity index (χ1n) is 9.11. The minimum atomic E-state index is -1.40. The van der Waals surface area contributed by atoms with Gasteiger partial charge < -0.3 is 4.74 Å². The van der Waals surface area contributed by atoms with Crippen LogP contribution < -0.4 is 0 Å². The van der Waals surface area contributed by atoms with Gasteiger partial charge in [-0.25, -0.2) is 0 Å². The molecule has 0 aromatic heterocycles. The van der Waals surface area contributed by atoms with Crippen molar-refractivity contribution in [1.29, 1.82) is 0 Å². The molecule has 21 heavy (non-hydrogen) atoms. The van der Waals surface area contributed by atoms with E-state index in [2.05, 4.69) is 11.7 Å². The lowest BCUT2D eigenvalue weighted by molar-refractivity contribution is 0.0664. The van der Waals surface area contributed by atoms with Crippen molar-refractivity contribution in [1.82, 2.24) is 0 Å². The summed E-state index contributed by atoms with van der Waals surface area (Å²) in [6.45, 7) is 2.56. The highest BCUT2D eigenvalue weighted by Crippen LogP contribution is 2.13. The molecule has 0 fully saturated rings. The van der Waals surface area contributed by atoms with Crippen molar-refractivity contribution in [3.63, 3.8) is 0 Å². The summed E-state index contributed by atoms with van der Waals surface area (Å²) in [4.78, 5) is 10.0. The molecule has 0 saturated carbocycles. The van der Waals surface area contributed by atoms with E-state index in [-0.39, 0.29) is 0 Å². The summed E-state index contributed by atoms with van der Waals surface area (Å²) in [5.41, 5.74) is 0. The fraction of sp³-hybridized carbons (Fsp3) is 0.944. The molecule has 0 aliphatic heterocycles. The van der Waals surface area contributed by atoms with E-state index in [1.807, 2.05) is 0 Å². The van der Waals surface area contributed by atoms with E-state index in [0.717, 1.165) is 12.8 Å². The lowest BCUT2D eigenvalue weighted by Crippen LogP contribution is -1.99. The maximum absolute atomic E-state index is 10.0. The smallest absolute Gasteiger partial charge is 0.432 e. The van der Waals surface area contributed by atoms with Crippen LogP contribution in [0.15, 0.2) is 0 Å². The molecule has 0 N–H and O–H groups in total. The van der Waals surface area contributed by atoms with Crippen LogP contribution in [0, 0.1) is 0 Å². The van der Waals surface area contributed by atoms with Gasteiger partial charge in [-0.15, -0.1) is 0 Å². The van der Waals surface area contributed by atoms with Crippen LogP contribution >= 0.6 is 0 Å². The van der Waals surface area contributed by atoms with E-state index in [1.54, 1.807) is 0 Å². The summed E-state index contributed by atoms with van der Waals surface area (Å²) < 4.78 is 4.36. The first-order chi connectivity index (χ1) is 10.3. The predicted octanol–water partition coefficient (Wildman–Crippen LogP) is 6.42. The number of rotatable bonds is 16. The SMILES string of the molecule is CCCCCCCCCCCCCCCCCOC([O])=O. The van der Waals surface area contributed by atoms with Crippen molar-refractivity contribution < 1.29 is 14.6 Å². The van der Waals surface area contributed by atoms with Gasteiger partial charge in [0.05, 0.1) is 6.61 Å². The Labute approximate surface area is 131 Å². The number of hydrogen-bond acceptors (Lipinski definition) is 2. The summed E-state index contributed by atoms with van der Waals surface area (Å²) in [7, 11) is 0. The standard InChI is InChI=1S/C18H35O3/c1-2-3-4-5-6-7-8-9-10-11-12-13-14-15-16-17-21-18(19)20/h2-17H2,1H3. The summed E-state index contributed by atoms with van der Waals surface area (Å²) in [5.74, 6) is 0. The Morgan fingerprint density at radius 2 is 0.952 bits per heavy atom. The maximum atomic E-state index is 10.0. The minimum absolute atomic E-state index is 0.292. The van der Waals surface area contributed by atoms with Crippen molar-refractivity contribution >= 4 is 6.16 Å². The van der Waals surface area contributed by atoms with Crippen LogP contribution in [0.2, 0.25) is 0 Å². The Kier molecular flexibility index (Phi) is 16.7. The second kappa shape index (κ2) is 17.3. The molecule has 0 aliphatic rings. The zero-order valence-corrected chi connectivity index (χ0v) is 14.0. The number of carbonyl (C=O) groups is 1. The predicted molar refractivity (Wildman–Crippen MR) is 87.0 cm³/mol. The van der Waals surface area contributed by atoms with E-state index in [0.29, 0.717) is 6.61 Å². The average molecular weight is 299 g/mol. The molecule has 0 unspecified atom stereocenters. The Morgan fingerprint density at radius 1 is 0.619 bits per heavy atom. The third kappa shape index (κ3) is 19.3. The molecular formula is C18H35O3. The van der Waals surface area contributed by atoms with E-state index in [4.69, 9.17) is 0 Å². The Bertz CT molecular complexity index is 217. The molecule has 125 valence electrons. The molecule has 0 aliphatic carbocycles. The molecule has 3 heteroatoms.